The number of benzene rings is 1. The molecule has 170 valence electrons. The largest absolute Gasteiger partial charge is 0.339 e. The Morgan fingerprint density at radius 2 is 2.19 bits per heavy atom. The minimum atomic E-state index is -3.74. The van der Waals surface area contributed by atoms with Crippen molar-refractivity contribution in [3.63, 3.8) is 0 Å². The van der Waals surface area contributed by atoms with Crippen molar-refractivity contribution in [3.8, 4) is 11.4 Å². The van der Waals surface area contributed by atoms with Crippen LogP contribution in [0.15, 0.2) is 38.4 Å². The van der Waals surface area contributed by atoms with Gasteiger partial charge < -0.3 is 9.84 Å². The zero-order chi connectivity index (χ0) is 22.9. The number of hydrogen-bond acceptors (Lipinski definition) is 7. The van der Waals surface area contributed by atoms with Gasteiger partial charge in [-0.25, -0.2) is 8.42 Å². The maximum atomic E-state index is 13.2. The van der Waals surface area contributed by atoms with E-state index in [0.717, 1.165) is 16.9 Å². The summed E-state index contributed by atoms with van der Waals surface area (Å²) >= 11 is 7.33. The van der Waals surface area contributed by atoms with Crippen LogP contribution in [-0.2, 0) is 21.2 Å². The average Bonchev–Trinajstić information content (AvgIpc) is 3.45. The molecule has 0 bridgehead atoms. The van der Waals surface area contributed by atoms with Gasteiger partial charge in [0.2, 0.25) is 17.6 Å². The number of carbonyl (C=O) groups excluding carboxylic acids is 1. The fourth-order valence-corrected chi connectivity index (χ4v) is 6.66. The first-order chi connectivity index (χ1) is 15.3. The van der Waals surface area contributed by atoms with Gasteiger partial charge in [-0.2, -0.15) is 9.29 Å². The summed E-state index contributed by atoms with van der Waals surface area (Å²) in [6.45, 7) is 4.30. The van der Waals surface area contributed by atoms with Crippen molar-refractivity contribution in [2.75, 3.05) is 18.4 Å². The van der Waals surface area contributed by atoms with Gasteiger partial charge >= 0.3 is 0 Å². The van der Waals surface area contributed by atoms with E-state index in [1.807, 2.05) is 19.9 Å². The third-order valence-corrected chi connectivity index (χ3v) is 8.93. The van der Waals surface area contributed by atoms with E-state index in [1.54, 1.807) is 23.6 Å². The number of piperidine rings is 1. The molecule has 0 saturated carbocycles. The molecule has 11 heteroatoms. The lowest BCUT2D eigenvalue weighted by Crippen LogP contribution is -2.43. The lowest BCUT2D eigenvalue weighted by atomic mass is 9.98. The quantitative estimate of drug-likeness (QED) is 0.545. The van der Waals surface area contributed by atoms with Crippen molar-refractivity contribution >= 4 is 44.6 Å². The van der Waals surface area contributed by atoms with Crippen LogP contribution in [0.2, 0.25) is 5.02 Å². The average molecular weight is 495 g/mol. The SMILES string of the molecule is CCc1nc(-c2csc(S(=O)(=O)N3CCCC(C(=O)Nc4ccc(C)cc4Cl)C3)c2)no1. The molecule has 0 spiro atoms. The van der Waals surface area contributed by atoms with E-state index in [4.69, 9.17) is 16.1 Å². The summed E-state index contributed by atoms with van der Waals surface area (Å²) in [5.74, 6) is 0.167. The lowest BCUT2D eigenvalue weighted by Gasteiger charge is -2.30. The van der Waals surface area contributed by atoms with Crippen LogP contribution < -0.4 is 5.32 Å². The lowest BCUT2D eigenvalue weighted by molar-refractivity contribution is -0.120. The summed E-state index contributed by atoms with van der Waals surface area (Å²) in [6, 6.07) is 6.94. The number of aromatic nitrogens is 2. The van der Waals surface area contributed by atoms with Crippen molar-refractivity contribution < 1.29 is 17.7 Å². The molecule has 1 aliphatic rings. The fraction of sp³-hybridized carbons (Fsp3) is 0.381. The summed E-state index contributed by atoms with van der Waals surface area (Å²) in [4.78, 5) is 17.1. The molecule has 1 aliphatic heterocycles. The van der Waals surface area contributed by atoms with E-state index in [-0.39, 0.29) is 16.7 Å². The number of nitrogens with zero attached hydrogens (tertiary/aromatic N) is 3. The number of amides is 1. The van der Waals surface area contributed by atoms with E-state index >= 15 is 0 Å². The second-order valence-corrected chi connectivity index (χ2v) is 11.2. The molecule has 8 nitrogen and oxygen atoms in total. The van der Waals surface area contributed by atoms with Crippen molar-refractivity contribution in [2.24, 2.45) is 5.92 Å². The zero-order valence-corrected chi connectivity index (χ0v) is 20.1. The summed E-state index contributed by atoms with van der Waals surface area (Å²) in [7, 11) is -3.74. The molecule has 3 aromatic rings. The van der Waals surface area contributed by atoms with Crippen molar-refractivity contribution in [1.29, 1.82) is 0 Å². The van der Waals surface area contributed by atoms with Crippen LogP contribution in [0.4, 0.5) is 5.69 Å². The summed E-state index contributed by atoms with van der Waals surface area (Å²) in [5.41, 5.74) is 2.11. The number of halogens is 1. The Morgan fingerprint density at radius 3 is 2.91 bits per heavy atom. The van der Waals surface area contributed by atoms with Gasteiger partial charge in [0.15, 0.2) is 0 Å². The topological polar surface area (TPSA) is 105 Å². The van der Waals surface area contributed by atoms with E-state index < -0.39 is 15.9 Å². The third kappa shape index (κ3) is 4.73. The molecule has 1 fully saturated rings. The smallest absolute Gasteiger partial charge is 0.252 e. The zero-order valence-electron chi connectivity index (χ0n) is 17.7. The van der Waals surface area contributed by atoms with Gasteiger partial charge in [-0.15, -0.1) is 11.3 Å². The monoisotopic (exact) mass is 494 g/mol. The second kappa shape index (κ2) is 9.30. The Morgan fingerprint density at radius 1 is 1.38 bits per heavy atom. The molecule has 4 rings (SSSR count). The number of aryl methyl sites for hydroxylation is 2. The van der Waals surface area contributed by atoms with Crippen LogP contribution in [0.3, 0.4) is 0 Å². The van der Waals surface area contributed by atoms with E-state index in [1.165, 1.54) is 4.31 Å². The van der Waals surface area contributed by atoms with Crippen LogP contribution in [0.1, 0.15) is 31.2 Å². The molecule has 1 unspecified atom stereocenters. The molecule has 1 saturated heterocycles. The molecule has 1 aromatic carbocycles. The predicted octanol–water partition coefficient (Wildman–Crippen LogP) is 4.36. The molecule has 0 aliphatic carbocycles. The maximum Gasteiger partial charge on any atom is 0.252 e. The van der Waals surface area contributed by atoms with Crippen LogP contribution in [0.5, 0.6) is 0 Å². The summed E-state index contributed by atoms with van der Waals surface area (Å²) < 4.78 is 33.1. The Hall–Kier alpha value is -2.27. The highest BCUT2D eigenvalue weighted by Crippen LogP contribution is 2.32. The molecule has 1 N–H and O–H groups in total. The number of nitrogens with one attached hydrogen (secondary N) is 1. The van der Waals surface area contributed by atoms with Crippen molar-refractivity contribution in [2.45, 2.75) is 37.3 Å². The minimum absolute atomic E-state index is 0.118. The molecule has 1 amide bonds. The van der Waals surface area contributed by atoms with E-state index in [0.29, 0.717) is 53.8 Å². The van der Waals surface area contributed by atoms with Gasteiger partial charge in [-0.1, -0.05) is 29.7 Å². The van der Waals surface area contributed by atoms with Gasteiger partial charge in [0.1, 0.15) is 4.21 Å². The maximum absolute atomic E-state index is 13.2. The van der Waals surface area contributed by atoms with Gasteiger partial charge in [-0.05, 0) is 43.5 Å². The highest BCUT2D eigenvalue weighted by atomic mass is 35.5. The van der Waals surface area contributed by atoms with E-state index in [2.05, 4.69) is 15.5 Å². The van der Waals surface area contributed by atoms with Crippen LogP contribution >= 0.6 is 22.9 Å². The fourth-order valence-electron chi connectivity index (χ4n) is 3.54. The first kappa shape index (κ1) is 22.9. The van der Waals surface area contributed by atoms with Crippen LogP contribution in [0, 0.1) is 12.8 Å². The Labute approximate surface area is 195 Å². The molecule has 1 atom stereocenters. The molecular formula is C21H23ClN4O4S2. The van der Waals surface area contributed by atoms with Crippen LogP contribution in [0.25, 0.3) is 11.4 Å². The Bertz CT molecular complexity index is 1240. The molecule has 2 aromatic heterocycles. The predicted molar refractivity (Wildman–Crippen MR) is 123 cm³/mol. The van der Waals surface area contributed by atoms with Crippen molar-refractivity contribution in [1.82, 2.24) is 14.4 Å². The number of anilines is 1. The summed E-state index contributed by atoms with van der Waals surface area (Å²) in [5, 5.41) is 8.89. The second-order valence-electron chi connectivity index (χ2n) is 7.69. The van der Waals surface area contributed by atoms with E-state index in [9.17, 15) is 13.2 Å². The highest BCUT2D eigenvalue weighted by Gasteiger charge is 2.34. The number of rotatable bonds is 6. The van der Waals surface area contributed by atoms with Crippen molar-refractivity contribution in [3.05, 3.63) is 46.1 Å². The Balaban J connectivity index is 1.48. The first-order valence-electron chi connectivity index (χ1n) is 10.3. The number of hydrogen-bond donors (Lipinski definition) is 1. The molecule has 3 heterocycles. The number of carbonyl (C=O) groups is 1. The van der Waals surface area contributed by atoms with Crippen LogP contribution in [-0.4, -0.2) is 41.9 Å². The molecular weight excluding hydrogens is 472 g/mol. The highest BCUT2D eigenvalue weighted by molar-refractivity contribution is 7.91. The van der Waals surface area contributed by atoms with Gasteiger partial charge in [0, 0.05) is 30.5 Å². The van der Waals surface area contributed by atoms with Gasteiger partial charge in [-0.3, -0.25) is 4.79 Å². The summed E-state index contributed by atoms with van der Waals surface area (Å²) in [6.07, 6.45) is 1.81. The minimum Gasteiger partial charge on any atom is -0.339 e. The number of thiophene rings is 1. The first-order valence-corrected chi connectivity index (χ1v) is 13.0. The Kier molecular flexibility index (Phi) is 6.66. The molecule has 0 radical (unpaired) electrons. The molecule has 32 heavy (non-hydrogen) atoms. The van der Waals surface area contributed by atoms with Gasteiger partial charge in [0.25, 0.3) is 10.0 Å². The normalized spacial score (nSPS) is 17.4. The number of sulfonamides is 1. The standard InChI is InChI=1S/C21H23ClN4O4S2/c1-3-18-24-20(25-30-18)15-10-19(31-12-15)32(28,29)26-8-4-5-14(11-26)21(27)23-17-7-6-13(2)9-16(17)22/h6-7,9-10,12,14H,3-5,8,11H2,1-2H3,(H,23,27). The third-order valence-electron chi connectivity index (χ3n) is 5.34. The van der Waals surface area contributed by atoms with Gasteiger partial charge in [0.05, 0.1) is 16.6 Å².